The van der Waals surface area contributed by atoms with Gasteiger partial charge in [-0.15, -0.1) is 11.3 Å². The Kier molecular flexibility index (Phi) is 7.30. The maximum Gasteiger partial charge on any atom is 0.307 e. The second-order valence-electron chi connectivity index (χ2n) is 6.46. The number of thiazole rings is 1. The van der Waals surface area contributed by atoms with Crippen LogP contribution in [0.1, 0.15) is 23.2 Å². The van der Waals surface area contributed by atoms with E-state index in [9.17, 15) is 9.59 Å². The number of esters is 1. The molecule has 0 radical (unpaired) electrons. The Morgan fingerprint density at radius 1 is 1.10 bits per heavy atom. The highest BCUT2D eigenvalue weighted by atomic mass is 32.1. The quantitative estimate of drug-likeness (QED) is 0.445. The molecule has 148 valence electrons. The van der Waals surface area contributed by atoms with Gasteiger partial charge in [-0.05, 0) is 18.6 Å². The number of carbonyl (C=O) groups excluding carboxylic acids is 2. The van der Waals surface area contributed by atoms with Crippen LogP contribution in [0.25, 0.3) is 16.6 Å². The summed E-state index contributed by atoms with van der Waals surface area (Å²) in [6.45, 7) is 2.39. The molecule has 0 saturated carbocycles. The minimum Gasteiger partial charge on any atom is -0.459 e. The van der Waals surface area contributed by atoms with E-state index >= 15 is 0 Å². The molecule has 3 rings (SSSR count). The Balaban J connectivity index is 1.37. The van der Waals surface area contributed by atoms with Gasteiger partial charge in [0.2, 0.25) is 5.91 Å². The molecule has 29 heavy (non-hydrogen) atoms. The summed E-state index contributed by atoms with van der Waals surface area (Å²) in [4.78, 5) is 28.2. The van der Waals surface area contributed by atoms with Crippen LogP contribution in [0.2, 0.25) is 0 Å². The van der Waals surface area contributed by atoms with Crippen molar-refractivity contribution in [2.45, 2.75) is 20.0 Å². The Morgan fingerprint density at radius 2 is 1.86 bits per heavy atom. The molecule has 1 aromatic heterocycles. The van der Waals surface area contributed by atoms with E-state index in [1.54, 1.807) is 6.08 Å². The number of benzene rings is 2. The van der Waals surface area contributed by atoms with Crippen molar-refractivity contribution in [2.24, 2.45) is 0 Å². The molecule has 0 atom stereocenters. The number of aromatic nitrogens is 1. The first kappa shape index (κ1) is 20.5. The summed E-state index contributed by atoms with van der Waals surface area (Å²) in [7, 11) is 0. The third-order valence-corrected chi connectivity index (χ3v) is 5.03. The predicted octanol–water partition coefficient (Wildman–Crippen LogP) is 4.38. The Labute approximate surface area is 174 Å². The first-order chi connectivity index (χ1) is 14.1. The van der Waals surface area contributed by atoms with E-state index in [0.29, 0.717) is 5.69 Å². The lowest BCUT2D eigenvalue weighted by atomic mass is 10.2. The topological polar surface area (TPSA) is 68.3 Å². The summed E-state index contributed by atoms with van der Waals surface area (Å²) in [5, 5.41) is 5.46. The molecule has 0 spiro atoms. The van der Waals surface area contributed by atoms with Crippen molar-refractivity contribution in [1.29, 1.82) is 0 Å². The summed E-state index contributed by atoms with van der Waals surface area (Å²) >= 11 is 1.52. The van der Waals surface area contributed by atoms with Crippen LogP contribution < -0.4 is 5.32 Å². The van der Waals surface area contributed by atoms with Crippen LogP contribution in [0.4, 0.5) is 0 Å². The number of amides is 1. The summed E-state index contributed by atoms with van der Waals surface area (Å²) < 4.78 is 5.24. The van der Waals surface area contributed by atoms with E-state index in [-0.39, 0.29) is 31.4 Å². The van der Waals surface area contributed by atoms with Crippen LogP contribution in [-0.4, -0.2) is 23.4 Å². The van der Waals surface area contributed by atoms with Crippen molar-refractivity contribution in [3.8, 4) is 10.6 Å². The van der Waals surface area contributed by atoms with E-state index < -0.39 is 0 Å². The van der Waals surface area contributed by atoms with Crippen LogP contribution >= 0.6 is 11.3 Å². The smallest absolute Gasteiger partial charge is 0.307 e. The van der Waals surface area contributed by atoms with Crippen molar-refractivity contribution >= 4 is 29.3 Å². The summed E-state index contributed by atoms with van der Waals surface area (Å²) in [6, 6.07) is 17.7. The standard InChI is InChI=1S/C23H22N2O3S/c1-17-7-10-19(11-8-17)23-25-20(16-29-23)15-28-22(27)13-14-24-21(26)12-9-18-5-3-2-4-6-18/h2-12,16H,13-15H2,1H3,(H,24,26)/b12-9+. The molecule has 1 amide bonds. The average molecular weight is 407 g/mol. The molecular formula is C23H22N2O3S. The van der Waals surface area contributed by atoms with Gasteiger partial charge in [0.1, 0.15) is 11.6 Å². The molecule has 0 unspecified atom stereocenters. The van der Waals surface area contributed by atoms with Crippen LogP contribution in [0, 0.1) is 6.92 Å². The third-order valence-electron chi connectivity index (χ3n) is 4.09. The second kappa shape index (κ2) is 10.3. The molecule has 3 aromatic rings. The van der Waals surface area contributed by atoms with Crippen molar-refractivity contribution in [3.05, 3.63) is 82.9 Å². The molecule has 0 aliphatic heterocycles. The first-order valence-electron chi connectivity index (χ1n) is 9.28. The van der Waals surface area contributed by atoms with Gasteiger partial charge in [0.15, 0.2) is 0 Å². The molecule has 6 heteroatoms. The van der Waals surface area contributed by atoms with E-state index in [0.717, 1.165) is 16.1 Å². The van der Waals surface area contributed by atoms with E-state index in [4.69, 9.17) is 4.74 Å². The molecule has 0 saturated heterocycles. The van der Waals surface area contributed by atoms with Crippen LogP contribution in [0.3, 0.4) is 0 Å². The molecule has 0 aliphatic carbocycles. The van der Waals surface area contributed by atoms with Gasteiger partial charge in [-0.25, -0.2) is 4.98 Å². The number of rotatable bonds is 8. The lowest BCUT2D eigenvalue weighted by Crippen LogP contribution is -2.24. The van der Waals surface area contributed by atoms with Crippen molar-refractivity contribution in [1.82, 2.24) is 10.3 Å². The molecule has 1 heterocycles. The van der Waals surface area contributed by atoms with Crippen LogP contribution in [0.5, 0.6) is 0 Å². The monoisotopic (exact) mass is 406 g/mol. The van der Waals surface area contributed by atoms with Crippen LogP contribution in [-0.2, 0) is 20.9 Å². The normalized spacial score (nSPS) is 10.8. The maximum absolute atomic E-state index is 11.9. The number of hydrogen-bond acceptors (Lipinski definition) is 5. The number of hydrogen-bond donors (Lipinski definition) is 1. The SMILES string of the molecule is Cc1ccc(-c2nc(COC(=O)CCNC(=O)/C=C/c3ccccc3)cs2)cc1. The Morgan fingerprint density at radius 3 is 2.62 bits per heavy atom. The Bertz CT molecular complexity index is 979. The minimum absolute atomic E-state index is 0.111. The molecule has 5 nitrogen and oxygen atoms in total. The molecular weight excluding hydrogens is 384 g/mol. The zero-order valence-electron chi connectivity index (χ0n) is 16.1. The number of nitrogens with one attached hydrogen (secondary N) is 1. The number of carbonyl (C=O) groups is 2. The van der Waals surface area contributed by atoms with Gasteiger partial charge >= 0.3 is 5.97 Å². The molecule has 1 N–H and O–H groups in total. The fourth-order valence-electron chi connectivity index (χ4n) is 2.51. The molecule has 0 bridgehead atoms. The third kappa shape index (κ3) is 6.69. The fourth-order valence-corrected chi connectivity index (χ4v) is 3.32. The highest BCUT2D eigenvalue weighted by Crippen LogP contribution is 2.24. The highest BCUT2D eigenvalue weighted by Gasteiger charge is 2.08. The van der Waals surface area contributed by atoms with E-state index in [2.05, 4.69) is 10.3 Å². The van der Waals surface area contributed by atoms with Crippen LogP contribution in [0.15, 0.2) is 66.1 Å². The highest BCUT2D eigenvalue weighted by molar-refractivity contribution is 7.13. The first-order valence-corrected chi connectivity index (χ1v) is 10.2. The summed E-state index contributed by atoms with van der Waals surface area (Å²) in [6.07, 6.45) is 3.28. The minimum atomic E-state index is -0.373. The van der Waals surface area contributed by atoms with Gasteiger partial charge in [-0.1, -0.05) is 60.2 Å². The maximum atomic E-state index is 11.9. The van der Waals surface area contributed by atoms with Crippen molar-refractivity contribution in [3.63, 3.8) is 0 Å². The average Bonchev–Trinajstić information content (AvgIpc) is 3.21. The molecule has 2 aromatic carbocycles. The molecule has 0 aliphatic rings. The van der Waals surface area contributed by atoms with Gasteiger partial charge in [0.05, 0.1) is 12.1 Å². The number of nitrogens with zero attached hydrogens (tertiary/aromatic N) is 1. The van der Waals surface area contributed by atoms with Gasteiger partial charge in [0, 0.05) is 23.6 Å². The van der Waals surface area contributed by atoms with Crippen molar-refractivity contribution in [2.75, 3.05) is 6.54 Å². The largest absolute Gasteiger partial charge is 0.459 e. The second-order valence-corrected chi connectivity index (χ2v) is 7.31. The van der Waals surface area contributed by atoms with Gasteiger partial charge in [-0.3, -0.25) is 9.59 Å². The zero-order chi connectivity index (χ0) is 20.5. The Hall–Kier alpha value is -3.25. The lowest BCUT2D eigenvalue weighted by Gasteiger charge is -2.04. The predicted molar refractivity (Wildman–Crippen MR) is 115 cm³/mol. The zero-order valence-corrected chi connectivity index (χ0v) is 16.9. The summed E-state index contributed by atoms with van der Waals surface area (Å²) in [5.41, 5.74) is 3.90. The fraction of sp³-hybridized carbons (Fsp3) is 0.174. The summed E-state index contributed by atoms with van der Waals surface area (Å²) in [5.74, 6) is -0.619. The van der Waals surface area contributed by atoms with Gasteiger partial charge in [-0.2, -0.15) is 0 Å². The van der Waals surface area contributed by atoms with Gasteiger partial charge < -0.3 is 10.1 Å². The van der Waals surface area contributed by atoms with E-state index in [1.165, 1.54) is 23.0 Å². The number of ether oxygens (including phenoxy) is 1. The van der Waals surface area contributed by atoms with E-state index in [1.807, 2.05) is 66.9 Å². The lowest BCUT2D eigenvalue weighted by molar-refractivity contribution is -0.144. The molecule has 0 fully saturated rings. The van der Waals surface area contributed by atoms with Crippen molar-refractivity contribution < 1.29 is 14.3 Å². The number of aryl methyl sites for hydroxylation is 1. The van der Waals surface area contributed by atoms with Gasteiger partial charge in [0.25, 0.3) is 0 Å².